The summed E-state index contributed by atoms with van der Waals surface area (Å²) in [5.74, 6) is 0.0594. The highest BCUT2D eigenvalue weighted by atomic mass is 79.9. The molecule has 0 amide bonds. The molecule has 1 heterocycles. The van der Waals surface area contributed by atoms with Gasteiger partial charge in [0.2, 0.25) is 0 Å². The quantitative estimate of drug-likeness (QED) is 0.910. The smallest absolute Gasteiger partial charge is 0.128 e. The predicted molar refractivity (Wildman–Crippen MR) is 68.4 cm³/mol. The number of methoxy groups -OCH3 is 1. The number of hydrogen-bond donors (Lipinski definition) is 1. The summed E-state index contributed by atoms with van der Waals surface area (Å²) >= 11 is 3.40. The Kier molecular flexibility index (Phi) is 3.18. The van der Waals surface area contributed by atoms with Gasteiger partial charge in [0.05, 0.1) is 18.2 Å². The van der Waals surface area contributed by atoms with E-state index in [1.165, 1.54) is 6.07 Å². The third-order valence-corrected chi connectivity index (χ3v) is 4.57. The fourth-order valence-corrected chi connectivity index (χ4v) is 3.50. The van der Waals surface area contributed by atoms with Gasteiger partial charge in [-0.3, -0.25) is 0 Å². The van der Waals surface area contributed by atoms with Crippen LogP contribution < -0.4 is 5.48 Å². The molecule has 5 heteroatoms. The van der Waals surface area contributed by atoms with Crippen LogP contribution in [0, 0.1) is 11.7 Å². The molecule has 18 heavy (non-hydrogen) atoms. The van der Waals surface area contributed by atoms with E-state index in [2.05, 4.69) is 21.4 Å². The molecule has 98 valence electrons. The molecule has 1 N–H and O–H groups in total. The van der Waals surface area contributed by atoms with Crippen molar-refractivity contribution in [3.8, 4) is 0 Å². The zero-order valence-corrected chi connectivity index (χ0v) is 11.7. The van der Waals surface area contributed by atoms with E-state index in [0.717, 1.165) is 17.3 Å². The summed E-state index contributed by atoms with van der Waals surface area (Å²) in [5.41, 5.74) is 3.26. The van der Waals surface area contributed by atoms with Crippen molar-refractivity contribution in [2.24, 2.45) is 5.92 Å². The zero-order chi connectivity index (χ0) is 12.8. The van der Waals surface area contributed by atoms with Gasteiger partial charge in [-0.2, -0.15) is 5.48 Å². The van der Waals surface area contributed by atoms with E-state index in [1.54, 1.807) is 13.2 Å². The monoisotopic (exact) mass is 315 g/mol. The summed E-state index contributed by atoms with van der Waals surface area (Å²) in [6.45, 7) is 0.603. The van der Waals surface area contributed by atoms with Crippen LogP contribution in [0.25, 0.3) is 0 Å². The van der Waals surface area contributed by atoms with Crippen molar-refractivity contribution in [2.45, 2.75) is 24.5 Å². The molecule has 1 saturated heterocycles. The highest BCUT2D eigenvalue weighted by Crippen LogP contribution is 2.48. The summed E-state index contributed by atoms with van der Waals surface area (Å²) < 4.78 is 20.4. The molecule has 0 radical (unpaired) electrons. The van der Waals surface area contributed by atoms with E-state index >= 15 is 0 Å². The van der Waals surface area contributed by atoms with Crippen molar-refractivity contribution in [3.05, 3.63) is 34.1 Å². The fraction of sp³-hybridized carbons (Fsp3) is 0.538. The molecule has 3 atom stereocenters. The van der Waals surface area contributed by atoms with Crippen molar-refractivity contribution >= 4 is 15.9 Å². The first-order valence-electron chi connectivity index (χ1n) is 6.03. The first-order chi connectivity index (χ1) is 8.65. The number of ether oxygens (including phenoxy) is 1. The first-order valence-corrected chi connectivity index (χ1v) is 6.82. The molecule has 1 aromatic carbocycles. The number of halogens is 2. The van der Waals surface area contributed by atoms with Gasteiger partial charge in [0, 0.05) is 23.1 Å². The summed E-state index contributed by atoms with van der Waals surface area (Å²) in [6, 6.07) is 5.04. The highest BCUT2D eigenvalue weighted by molar-refractivity contribution is 9.10. The molecule has 1 aromatic rings. The van der Waals surface area contributed by atoms with Gasteiger partial charge in [0.1, 0.15) is 5.82 Å². The highest BCUT2D eigenvalue weighted by Gasteiger charge is 2.53. The summed E-state index contributed by atoms with van der Waals surface area (Å²) in [6.07, 6.45) is 1.79. The molecule has 1 aliphatic carbocycles. The van der Waals surface area contributed by atoms with Gasteiger partial charge in [-0.05, 0) is 31.0 Å². The van der Waals surface area contributed by atoms with Gasteiger partial charge in [-0.25, -0.2) is 4.39 Å². The maximum Gasteiger partial charge on any atom is 0.128 e. The van der Waals surface area contributed by atoms with E-state index in [4.69, 9.17) is 9.57 Å². The third-order valence-electron chi connectivity index (χ3n) is 4.08. The Morgan fingerprint density at radius 1 is 1.56 bits per heavy atom. The van der Waals surface area contributed by atoms with E-state index in [9.17, 15) is 4.39 Å². The van der Waals surface area contributed by atoms with Crippen LogP contribution in [-0.4, -0.2) is 19.8 Å². The first kappa shape index (κ1) is 12.5. The second-order valence-corrected chi connectivity index (χ2v) is 5.92. The van der Waals surface area contributed by atoms with Gasteiger partial charge in [-0.1, -0.05) is 15.9 Å². The normalized spacial score (nSPS) is 34.8. The lowest BCUT2D eigenvalue weighted by molar-refractivity contribution is 0.0271. The molecule has 0 bridgehead atoms. The van der Waals surface area contributed by atoms with Crippen LogP contribution in [-0.2, 0) is 15.1 Å². The Hall–Kier alpha value is -0.490. The van der Waals surface area contributed by atoms with Gasteiger partial charge in [0.15, 0.2) is 0 Å². The molecule has 1 aliphatic heterocycles. The van der Waals surface area contributed by atoms with Crippen molar-refractivity contribution in [3.63, 3.8) is 0 Å². The maximum atomic E-state index is 14.1. The summed E-state index contributed by atoms with van der Waals surface area (Å²) in [5, 5.41) is 0. The number of fused-ring (bicyclic) bond motifs is 1. The van der Waals surface area contributed by atoms with Crippen molar-refractivity contribution in [1.82, 2.24) is 5.48 Å². The van der Waals surface area contributed by atoms with Crippen molar-refractivity contribution in [1.29, 1.82) is 0 Å². The van der Waals surface area contributed by atoms with Crippen LogP contribution in [0.2, 0.25) is 0 Å². The molecule has 2 fully saturated rings. The molecule has 3 rings (SSSR count). The molecule has 3 unspecified atom stereocenters. The number of benzene rings is 1. The number of nitrogens with one attached hydrogen (secondary N) is 1. The summed E-state index contributed by atoms with van der Waals surface area (Å²) in [7, 11) is 1.71. The van der Waals surface area contributed by atoms with Gasteiger partial charge < -0.3 is 9.57 Å². The van der Waals surface area contributed by atoms with Gasteiger partial charge in [-0.15, -0.1) is 0 Å². The number of rotatable bonds is 2. The predicted octanol–water partition coefficient (Wildman–Crippen LogP) is 2.74. The fourth-order valence-electron chi connectivity index (χ4n) is 3.14. The molecular weight excluding hydrogens is 301 g/mol. The lowest BCUT2D eigenvalue weighted by Gasteiger charge is -2.28. The lowest BCUT2D eigenvalue weighted by Crippen LogP contribution is -2.39. The minimum Gasteiger partial charge on any atom is -0.381 e. The van der Waals surface area contributed by atoms with E-state index in [1.807, 2.05) is 6.07 Å². The van der Waals surface area contributed by atoms with Crippen LogP contribution in [0.15, 0.2) is 22.7 Å². The average Bonchev–Trinajstić information content (AvgIpc) is 2.89. The largest absolute Gasteiger partial charge is 0.381 e. The second kappa shape index (κ2) is 4.56. The van der Waals surface area contributed by atoms with Gasteiger partial charge >= 0.3 is 0 Å². The van der Waals surface area contributed by atoms with Crippen LogP contribution in [0.1, 0.15) is 18.4 Å². The van der Waals surface area contributed by atoms with Crippen LogP contribution >= 0.6 is 15.9 Å². The van der Waals surface area contributed by atoms with Crippen molar-refractivity contribution in [2.75, 3.05) is 13.7 Å². The Labute approximate surface area is 114 Å². The lowest BCUT2D eigenvalue weighted by atomic mass is 9.82. The van der Waals surface area contributed by atoms with Crippen LogP contribution in [0.3, 0.4) is 0 Å². The van der Waals surface area contributed by atoms with E-state index in [0.29, 0.717) is 12.2 Å². The Balaban J connectivity index is 2.05. The maximum absolute atomic E-state index is 14.1. The average molecular weight is 316 g/mol. The molecule has 1 saturated carbocycles. The number of hydrogen-bond acceptors (Lipinski definition) is 3. The summed E-state index contributed by atoms with van der Waals surface area (Å²) in [4.78, 5) is 5.37. The van der Waals surface area contributed by atoms with Crippen molar-refractivity contribution < 1.29 is 14.0 Å². The number of hydroxylamine groups is 1. The topological polar surface area (TPSA) is 30.5 Å². The second-order valence-electron chi connectivity index (χ2n) is 5.00. The Morgan fingerprint density at radius 2 is 2.39 bits per heavy atom. The third kappa shape index (κ3) is 1.81. The molecule has 0 spiro atoms. The minimum absolute atomic E-state index is 0.157. The standard InChI is InChI=1S/C13H15BrFNO2/c1-17-10-4-8-7-18-16-13(8,6-10)11-5-9(14)2-3-12(11)15/h2-3,5,8,10,16H,4,6-7H2,1H3. The molecule has 0 aromatic heterocycles. The minimum atomic E-state index is -0.450. The zero-order valence-electron chi connectivity index (χ0n) is 10.1. The van der Waals surface area contributed by atoms with Gasteiger partial charge in [0.25, 0.3) is 0 Å². The molecule has 3 nitrogen and oxygen atoms in total. The SMILES string of the molecule is COC1CC2CONC2(c2cc(Br)ccc2F)C1. The van der Waals surface area contributed by atoms with Crippen LogP contribution in [0.5, 0.6) is 0 Å². The Morgan fingerprint density at radius 3 is 3.17 bits per heavy atom. The Bertz CT molecular complexity index is 470. The molecular formula is C13H15BrFNO2. The van der Waals surface area contributed by atoms with E-state index < -0.39 is 5.54 Å². The van der Waals surface area contributed by atoms with Crippen LogP contribution in [0.4, 0.5) is 4.39 Å². The van der Waals surface area contributed by atoms with E-state index in [-0.39, 0.29) is 17.8 Å². The molecule has 2 aliphatic rings.